The molecule has 0 aliphatic rings. The average molecular weight is 529 g/mol. The number of rotatable bonds is 24. The van der Waals surface area contributed by atoms with Crippen molar-refractivity contribution >= 4 is 0 Å². The number of aliphatic hydroxyl groups excluding tert-OH is 9. The van der Waals surface area contributed by atoms with Crippen LogP contribution in [0.4, 0.5) is 0 Å². The highest BCUT2D eigenvalue weighted by molar-refractivity contribution is 4.82. The van der Waals surface area contributed by atoms with Crippen molar-refractivity contribution in [2.24, 2.45) is 0 Å². The molecule has 36 heavy (non-hydrogen) atoms. The van der Waals surface area contributed by atoms with E-state index in [4.69, 9.17) is 14.6 Å². The monoisotopic (exact) mass is 528 g/mol. The lowest BCUT2D eigenvalue weighted by atomic mass is 10.0. The Hall–Kier alpha value is -0.440. The molecule has 0 aliphatic heterocycles. The second-order valence-corrected chi connectivity index (χ2v) is 9.44. The fraction of sp³-hybridized carbons (Fsp3) is 1.00. The van der Waals surface area contributed by atoms with Gasteiger partial charge in [-0.25, -0.2) is 0 Å². The van der Waals surface area contributed by atoms with E-state index < -0.39 is 62.4 Å². The van der Waals surface area contributed by atoms with Crippen LogP contribution in [0.15, 0.2) is 0 Å². The van der Waals surface area contributed by atoms with Crippen molar-refractivity contribution in [2.75, 3.05) is 13.2 Å². The molecule has 11 heteroatoms. The topological polar surface area (TPSA) is 201 Å². The van der Waals surface area contributed by atoms with Gasteiger partial charge in [0.05, 0.1) is 18.3 Å². The zero-order valence-corrected chi connectivity index (χ0v) is 21.9. The van der Waals surface area contributed by atoms with E-state index in [-0.39, 0.29) is 18.9 Å². The largest absolute Gasteiger partial charge is 0.396 e. The highest BCUT2D eigenvalue weighted by atomic mass is 16.6. The third-order valence-electron chi connectivity index (χ3n) is 6.38. The molecule has 0 aromatic heterocycles. The van der Waals surface area contributed by atoms with Gasteiger partial charge in [0, 0.05) is 13.2 Å². The lowest BCUT2D eigenvalue weighted by Gasteiger charge is -2.34. The fourth-order valence-corrected chi connectivity index (χ4v) is 3.95. The molecule has 9 unspecified atom stereocenters. The molecule has 9 atom stereocenters. The van der Waals surface area contributed by atoms with Gasteiger partial charge in [-0.3, -0.25) is 0 Å². The lowest BCUT2D eigenvalue weighted by molar-refractivity contribution is -0.262. The van der Waals surface area contributed by atoms with Crippen molar-refractivity contribution < 1.29 is 55.4 Å². The minimum atomic E-state index is -2.10. The van der Waals surface area contributed by atoms with Crippen molar-refractivity contribution in [3.05, 3.63) is 0 Å². The zero-order valence-electron chi connectivity index (χ0n) is 21.9. The fourth-order valence-electron chi connectivity index (χ4n) is 3.95. The summed E-state index contributed by atoms with van der Waals surface area (Å²) in [6, 6.07) is 0. The van der Waals surface area contributed by atoms with Gasteiger partial charge in [0.2, 0.25) is 0 Å². The van der Waals surface area contributed by atoms with Crippen molar-refractivity contribution in [3.63, 3.8) is 0 Å². The quantitative estimate of drug-likeness (QED) is 0.0598. The Morgan fingerprint density at radius 2 is 1.03 bits per heavy atom. The summed E-state index contributed by atoms with van der Waals surface area (Å²) >= 11 is 0. The Morgan fingerprint density at radius 1 is 0.528 bits per heavy atom. The maximum atomic E-state index is 10.5. The van der Waals surface area contributed by atoms with E-state index in [2.05, 4.69) is 6.92 Å². The first-order valence-corrected chi connectivity index (χ1v) is 13.4. The predicted molar refractivity (Wildman–Crippen MR) is 133 cm³/mol. The molecule has 11 nitrogen and oxygen atoms in total. The second-order valence-electron chi connectivity index (χ2n) is 9.44. The van der Waals surface area contributed by atoms with E-state index in [0.29, 0.717) is 12.8 Å². The van der Waals surface area contributed by atoms with Crippen molar-refractivity contribution in [1.29, 1.82) is 0 Å². The van der Waals surface area contributed by atoms with Crippen LogP contribution in [0.1, 0.15) is 90.9 Å². The van der Waals surface area contributed by atoms with Gasteiger partial charge in [-0.2, -0.15) is 0 Å². The smallest absolute Gasteiger partial charge is 0.183 e. The van der Waals surface area contributed by atoms with Crippen LogP contribution in [-0.2, 0) is 9.47 Å². The van der Waals surface area contributed by atoms with Gasteiger partial charge in [-0.15, -0.1) is 0 Å². The number of hydrogen-bond donors (Lipinski definition) is 9. The molecule has 0 amide bonds. The molecule has 0 fully saturated rings. The first-order valence-electron chi connectivity index (χ1n) is 13.4. The molecule has 0 aliphatic carbocycles. The van der Waals surface area contributed by atoms with Crippen LogP contribution in [0.5, 0.6) is 0 Å². The van der Waals surface area contributed by atoms with Gasteiger partial charge in [-0.05, 0) is 25.7 Å². The Kier molecular flexibility index (Phi) is 21.2. The van der Waals surface area contributed by atoms with E-state index in [1.54, 1.807) is 0 Å². The summed E-state index contributed by atoms with van der Waals surface area (Å²) < 4.78 is 10.7. The van der Waals surface area contributed by atoms with E-state index >= 15 is 0 Å². The average Bonchev–Trinajstić information content (AvgIpc) is 2.87. The van der Waals surface area contributed by atoms with Gasteiger partial charge in [0.15, 0.2) is 12.6 Å². The summed E-state index contributed by atoms with van der Waals surface area (Å²) in [5.41, 5.74) is 0. The summed E-state index contributed by atoms with van der Waals surface area (Å²) in [5.74, 6) is 0. The molecule has 0 saturated heterocycles. The Balaban J connectivity index is 4.73. The van der Waals surface area contributed by atoms with Crippen LogP contribution in [0.3, 0.4) is 0 Å². The zero-order chi connectivity index (χ0) is 27.5. The molecule has 0 radical (unpaired) electrons. The van der Waals surface area contributed by atoms with E-state index in [9.17, 15) is 40.9 Å². The number of aliphatic hydroxyl groups is 9. The molecule has 9 N–H and O–H groups in total. The highest BCUT2D eigenvalue weighted by Gasteiger charge is 2.38. The standard InChI is InChI=1S/C25H52O11/c1-3-5-6-7-8-9-10-11-12-17(4-2)35-24(33)23(32)21(30)19(14-16-27)36-25(34)22(31)20(29)18(28)13-15-26/h17-34H,3-16H2,1-2H3. The first-order chi connectivity index (χ1) is 17.1. The number of hydrogen-bond acceptors (Lipinski definition) is 11. The maximum absolute atomic E-state index is 10.5. The summed E-state index contributed by atoms with van der Waals surface area (Å²) in [7, 11) is 0. The summed E-state index contributed by atoms with van der Waals surface area (Å²) in [6.07, 6.45) is -4.74. The molecule has 0 heterocycles. The molecular formula is C25H52O11. The van der Waals surface area contributed by atoms with Gasteiger partial charge in [0.25, 0.3) is 0 Å². The van der Waals surface area contributed by atoms with Crippen molar-refractivity contribution in [2.45, 2.75) is 146 Å². The van der Waals surface area contributed by atoms with E-state index in [1.165, 1.54) is 32.1 Å². The number of ether oxygens (including phenoxy) is 2. The van der Waals surface area contributed by atoms with Crippen molar-refractivity contribution in [1.82, 2.24) is 0 Å². The predicted octanol–water partition coefficient (Wildman–Crippen LogP) is -0.0963. The van der Waals surface area contributed by atoms with Crippen LogP contribution in [-0.4, -0.2) is 114 Å². The van der Waals surface area contributed by atoms with Crippen LogP contribution in [0, 0.1) is 0 Å². The lowest BCUT2D eigenvalue weighted by Crippen LogP contribution is -2.52. The highest BCUT2D eigenvalue weighted by Crippen LogP contribution is 2.20. The van der Waals surface area contributed by atoms with Gasteiger partial charge < -0.3 is 55.4 Å². The molecule has 218 valence electrons. The second kappa shape index (κ2) is 21.5. The third kappa shape index (κ3) is 14.5. The van der Waals surface area contributed by atoms with E-state index in [1.807, 2.05) is 6.92 Å². The Morgan fingerprint density at radius 3 is 1.56 bits per heavy atom. The third-order valence-corrected chi connectivity index (χ3v) is 6.38. The SMILES string of the molecule is CCCCCCCCCCC(CC)OC(O)C(O)C(O)C(CCO)OC(O)C(O)C(O)C(O)CCO. The van der Waals surface area contributed by atoms with Gasteiger partial charge in [0.1, 0.15) is 24.4 Å². The summed E-state index contributed by atoms with van der Waals surface area (Å²) in [6.45, 7) is 3.09. The minimum Gasteiger partial charge on any atom is -0.396 e. The Bertz CT molecular complexity index is 499. The first kappa shape index (κ1) is 35.6. The normalized spacial score (nSPS) is 19.8. The molecule has 0 spiro atoms. The van der Waals surface area contributed by atoms with Crippen LogP contribution < -0.4 is 0 Å². The summed E-state index contributed by atoms with van der Waals surface area (Å²) in [5, 5.41) is 89.0. The van der Waals surface area contributed by atoms with Crippen LogP contribution in [0.2, 0.25) is 0 Å². The molecule has 0 saturated carbocycles. The molecule has 0 rings (SSSR count). The Labute approximate surface area is 215 Å². The van der Waals surface area contributed by atoms with E-state index in [0.717, 1.165) is 19.3 Å². The maximum Gasteiger partial charge on any atom is 0.183 e. The summed E-state index contributed by atoms with van der Waals surface area (Å²) in [4.78, 5) is 0. The van der Waals surface area contributed by atoms with Gasteiger partial charge >= 0.3 is 0 Å². The molecule has 0 aromatic carbocycles. The van der Waals surface area contributed by atoms with Crippen LogP contribution in [0.25, 0.3) is 0 Å². The van der Waals surface area contributed by atoms with Crippen LogP contribution >= 0.6 is 0 Å². The number of unbranched alkanes of at least 4 members (excludes halogenated alkanes) is 7. The van der Waals surface area contributed by atoms with Crippen molar-refractivity contribution in [3.8, 4) is 0 Å². The minimum absolute atomic E-state index is 0.257. The molecule has 0 aromatic rings. The molecule has 0 bridgehead atoms. The van der Waals surface area contributed by atoms with Gasteiger partial charge in [-0.1, -0.05) is 65.2 Å². The molecular weight excluding hydrogens is 476 g/mol.